The van der Waals surface area contributed by atoms with E-state index in [9.17, 15) is 4.79 Å². The summed E-state index contributed by atoms with van der Waals surface area (Å²) in [6, 6.07) is 6.77. The number of rotatable bonds is 3. The first-order valence-electron chi connectivity index (χ1n) is 5.83. The van der Waals surface area contributed by atoms with Crippen LogP contribution < -0.4 is 5.73 Å². The van der Waals surface area contributed by atoms with Gasteiger partial charge in [0.25, 0.3) is 0 Å². The molecule has 2 atom stereocenters. The largest absolute Gasteiger partial charge is 0.459 e. The van der Waals surface area contributed by atoms with Crippen LogP contribution in [0.25, 0.3) is 0 Å². The van der Waals surface area contributed by atoms with Crippen LogP contribution in [-0.2, 0) is 9.47 Å². The van der Waals surface area contributed by atoms with Gasteiger partial charge in [-0.1, -0.05) is 6.07 Å². The van der Waals surface area contributed by atoms with Crippen LogP contribution in [0.5, 0.6) is 0 Å². The lowest BCUT2D eigenvalue weighted by Crippen LogP contribution is -2.19. The Balaban J connectivity index is 1.85. The number of hydrogen-bond acceptors (Lipinski definition) is 4. The van der Waals surface area contributed by atoms with Crippen LogP contribution in [-0.4, -0.2) is 24.8 Å². The summed E-state index contributed by atoms with van der Waals surface area (Å²) in [5, 5.41) is 0. The number of hydrogen-bond donors (Lipinski definition) is 1. The number of carbonyl (C=O) groups excluding carboxylic acids is 1. The second kappa shape index (κ2) is 5.19. The lowest BCUT2D eigenvalue weighted by molar-refractivity contribution is -0.00265. The zero-order valence-electron chi connectivity index (χ0n) is 9.89. The topological polar surface area (TPSA) is 61.5 Å². The van der Waals surface area contributed by atoms with E-state index >= 15 is 0 Å². The van der Waals surface area contributed by atoms with E-state index in [0.29, 0.717) is 17.9 Å². The summed E-state index contributed by atoms with van der Waals surface area (Å²) in [6.45, 7) is 2.34. The number of esters is 1. The van der Waals surface area contributed by atoms with Gasteiger partial charge in [-0.15, -0.1) is 0 Å². The number of anilines is 1. The van der Waals surface area contributed by atoms with Gasteiger partial charge in [0.05, 0.1) is 17.8 Å². The quantitative estimate of drug-likeness (QED) is 0.643. The minimum Gasteiger partial charge on any atom is -0.459 e. The SMILES string of the molecule is CC1CCC(COC(=O)c2cccc(N)c2)O1. The summed E-state index contributed by atoms with van der Waals surface area (Å²) in [6.07, 6.45) is 2.28. The highest BCUT2D eigenvalue weighted by Crippen LogP contribution is 2.19. The number of benzene rings is 1. The van der Waals surface area contributed by atoms with Crippen LogP contribution in [0.1, 0.15) is 30.1 Å². The zero-order valence-corrected chi connectivity index (χ0v) is 9.89. The summed E-state index contributed by atoms with van der Waals surface area (Å²) in [5.41, 5.74) is 6.64. The van der Waals surface area contributed by atoms with Gasteiger partial charge in [0, 0.05) is 5.69 Å². The minimum absolute atomic E-state index is 0.0370. The fourth-order valence-electron chi connectivity index (χ4n) is 1.93. The molecule has 0 amide bonds. The van der Waals surface area contributed by atoms with Crippen molar-refractivity contribution in [3.63, 3.8) is 0 Å². The zero-order chi connectivity index (χ0) is 12.3. The molecule has 0 radical (unpaired) electrons. The maximum atomic E-state index is 11.7. The first-order chi connectivity index (χ1) is 8.15. The molecule has 1 aromatic rings. The van der Waals surface area contributed by atoms with Crippen LogP contribution in [0, 0.1) is 0 Å². The van der Waals surface area contributed by atoms with Gasteiger partial charge in [-0.05, 0) is 38.0 Å². The standard InChI is InChI=1S/C13H17NO3/c1-9-5-6-12(17-9)8-16-13(15)10-3-2-4-11(14)7-10/h2-4,7,9,12H,5-6,8,14H2,1H3. The summed E-state index contributed by atoms with van der Waals surface area (Å²) in [7, 11) is 0. The van der Waals surface area contributed by atoms with Gasteiger partial charge in [0.1, 0.15) is 6.61 Å². The predicted octanol–water partition coefficient (Wildman–Crippen LogP) is 1.99. The van der Waals surface area contributed by atoms with Gasteiger partial charge in [0.15, 0.2) is 0 Å². The normalized spacial score (nSPS) is 23.6. The van der Waals surface area contributed by atoms with E-state index in [1.54, 1.807) is 24.3 Å². The molecule has 4 heteroatoms. The summed E-state index contributed by atoms with van der Waals surface area (Å²) < 4.78 is 10.8. The number of nitrogens with two attached hydrogens (primary N) is 1. The molecule has 17 heavy (non-hydrogen) atoms. The fraction of sp³-hybridized carbons (Fsp3) is 0.462. The Hall–Kier alpha value is -1.55. The summed E-state index contributed by atoms with van der Waals surface area (Å²) in [5.74, 6) is -0.347. The summed E-state index contributed by atoms with van der Waals surface area (Å²) in [4.78, 5) is 11.7. The molecule has 2 rings (SSSR count). The van der Waals surface area contributed by atoms with Crippen molar-refractivity contribution in [3.05, 3.63) is 29.8 Å². The monoisotopic (exact) mass is 235 g/mol. The highest BCUT2D eigenvalue weighted by molar-refractivity contribution is 5.90. The van der Waals surface area contributed by atoms with Crippen LogP contribution >= 0.6 is 0 Å². The van der Waals surface area contributed by atoms with Crippen LogP contribution in [0.2, 0.25) is 0 Å². The van der Waals surface area contributed by atoms with E-state index in [0.717, 1.165) is 12.8 Å². The summed E-state index contributed by atoms with van der Waals surface area (Å²) >= 11 is 0. The molecule has 0 aromatic heterocycles. The van der Waals surface area contributed by atoms with E-state index in [4.69, 9.17) is 15.2 Å². The average Bonchev–Trinajstić information content (AvgIpc) is 2.72. The first-order valence-corrected chi connectivity index (χ1v) is 5.83. The lowest BCUT2D eigenvalue weighted by atomic mass is 10.2. The van der Waals surface area contributed by atoms with Crippen molar-refractivity contribution in [3.8, 4) is 0 Å². The molecule has 1 saturated heterocycles. The average molecular weight is 235 g/mol. The number of ether oxygens (including phenoxy) is 2. The third kappa shape index (κ3) is 3.20. The maximum Gasteiger partial charge on any atom is 0.338 e. The van der Waals surface area contributed by atoms with E-state index in [2.05, 4.69) is 0 Å². The van der Waals surface area contributed by atoms with Gasteiger partial charge in [-0.3, -0.25) is 0 Å². The van der Waals surface area contributed by atoms with E-state index in [1.165, 1.54) is 0 Å². The van der Waals surface area contributed by atoms with Crippen molar-refractivity contribution in [1.82, 2.24) is 0 Å². The Labute approximate surface area is 101 Å². The van der Waals surface area contributed by atoms with Gasteiger partial charge in [-0.25, -0.2) is 4.79 Å². The molecule has 0 spiro atoms. The van der Waals surface area contributed by atoms with Gasteiger partial charge >= 0.3 is 5.97 Å². The van der Waals surface area contributed by atoms with Crippen LogP contribution in [0.15, 0.2) is 24.3 Å². The first kappa shape index (κ1) is 11.9. The van der Waals surface area contributed by atoms with E-state index in [-0.39, 0.29) is 18.2 Å². The molecule has 1 aliphatic heterocycles. The molecule has 1 aliphatic rings. The second-order valence-electron chi connectivity index (χ2n) is 4.37. The van der Waals surface area contributed by atoms with Crippen molar-refractivity contribution in [1.29, 1.82) is 0 Å². The predicted molar refractivity (Wildman–Crippen MR) is 64.7 cm³/mol. The Morgan fingerprint density at radius 3 is 3.00 bits per heavy atom. The van der Waals surface area contributed by atoms with Gasteiger partial charge in [0.2, 0.25) is 0 Å². The maximum absolute atomic E-state index is 11.7. The molecule has 2 unspecified atom stereocenters. The molecule has 1 fully saturated rings. The smallest absolute Gasteiger partial charge is 0.338 e. The molecular formula is C13H17NO3. The molecule has 0 aliphatic carbocycles. The van der Waals surface area contributed by atoms with Crippen molar-refractivity contribution >= 4 is 11.7 Å². The molecule has 92 valence electrons. The van der Waals surface area contributed by atoms with Gasteiger partial charge in [-0.2, -0.15) is 0 Å². The Morgan fingerprint density at radius 1 is 1.53 bits per heavy atom. The van der Waals surface area contributed by atoms with Crippen molar-refractivity contribution in [2.45, 2.75) is 32.0 Å². The highest BCUT2D eigenvalue weighted by atomic mass is 16.6. The highest BCUT2D eigenvalue weighted by Gasteiger charge is 2.23. The van der Waals surface area contributed by atoms with Crippen molar-refractivity contribution in [2.24, 2.45) is 0 Å². The lowest BCUT2D eigenvalue weighted by Gasteiger charge is -2.11. The Morgan fingerprint density at radius 2 is 2.35 bits per heavy atom. The van der Waals surface area contributed by atoms with Crippen molar-refractivity contribution in [2.75, 3.05) is 12.3 Å². The third-order valence-corrected chi connectivity index (χ3v) is 2.84. The molecular weight excluding hydrogens is 218 g/mol. The Kier molecular flexibility index (Phi) is 3.64. The molecule has 4 nitrogen and oxygen atoms in total. The van der Waals surface area contributed by atoms with Crippen LogP contribution in [0.4, 0.5) is 5.69 Å². The number of nitrogen functional groups attached to an aromatic ring is 1. The fourth-order valence-corrected chi connectivity index (χ4v) is 1.93. The Bertz CT molecular complexity index is 405. The van der Waals surface area contributed by atoms with E-state index in [1.807, 2.05) is 6.92 Å². The van der Waals surface area contributed by atoms with Gasteiger partial charge < -0.3 is 15.2 Å². The molecule has 0 saturated carbocycles. The number of carbonyl (C=O) groups is 1. The molecule has 1 aromatic carbocycles. The second-order valence-corrected chi connectivity index (χ2v) is 4.37. The minimum atomic E-state index is -0.347. The molecule has 2 N–H and O–H groups in total. The van der Waals surface area contributed by atoms with Crippen LogP contribution in [0.3, 0.4) is 0 Å². The molecule has 1 heterocycles. The van der Waals surface area contributed by atoms with E-state index < -0.39 is 0 Å². The molecule has 0 bridgehead atoms. The van der Waals surface area contributed by atoms with Crippen molar-refractivity contribution < 1.29 is 14.3 Å². The third-order valence-electron chi connectivity index (χ3n) is 2.84.